The summed E-state index contributed by atoms with van der Waals surface area (Å²) in [5.74, 6) is 2.11. The summed E-state index contributed by atoms with van der Waals surface area (Å²) in [6.45, 7) is 7.99. The quantitative estimate of drug-likeness (QED) is 0.157. The molecule has 0 saturated heterocycles. The molecule has 0 atom stereocenters. The Labute approximate surface area is 211 Å². The maximum atomic E-state index is 9.55. The van der Waals surface area contributed by atoms with Crippen LogP contribution in [-0.4, -0.2) is 34.0 Å². The Bertz CT molecular complexity index is 1080. The van der Waals surface area contributed by atoms with Crippen molar-refractivity contribution >= 4 is 35.8 Å². The number of aliphatic imine (C=N–C) groups is 1. The lowest BCUT2D eigenvalue weighted by Crippen LogP contribution is -2.37. The number of hydrogen-bond acceptors (Lipinski definition) is 6. The third kappa shape index (κ3) is 6.95. The lowest BCUT2D eigenvalue weighted by Gasteiger charge is -2.10. The van der Waals surface area contributed by atoms with Crippen LogP contribution in [-0.2, 0) is 13.0 Å². The second-order valence-electron chi connectivity index (χ2n) is 7.66. The van der Waals surface area contributed by atoms with Crippen molar-refractivity contribution in [2.45, 2.75) is 46.1 Å². The van der Waals surface area contributed by atoms with E-state index in [-0.39, 0.29) is 24.0 Å². The zero-order valence-electron chi connectivity index (χ0n) is 19.2. The van der Waals surface area contributed by atoms with E-state index in [1.165, 1.54) is 0 Å². The fourth-order valence-corrected chi connectivity index (χ4v) is 3.18. The van der Waals surface area contributed by atoms with Gasteiger partial charge in [-0.25, -0.2) is 9.67 Å². The van der Waals surface area contributed by atoms with Gasteiger partial charge in [-0.2, -0.15) is 10.4 Å². The Morgan fingerprint density at radius 2 is 2.03 bits per heavy atom. The summed E-state index contributed by atoms with van der Waals surface area (Å²) < 4.78 is 6.97. The minimum absolute atomic E-state index is 0. The van der Waals surface area contributed by atoms with Gasteiger partial charge in [0.25, 0.3) is 0 Å². The first-order valence-corrected chi connectivity index (χ1v) is 10.8. The number of nitrogens with two attached hydrogens (primary N) is 1. The van der Waals surface area contributed by atoms with Crippen LogP contribution in [0.15, 0.2) is 45.9 Å². The van der Waals surface area contributed by atoms with E-state index in [2.05, 4.69) is 45.8 Å². The van der Waals surface area contributed by atoms with Crippen molar-refractivity contribution in [2.24, 2.45) is 4.99 Å². The van der Waals surface area contributed by atoms with Gasteiger partial charge in [0.05, 0.1) is 17.1 Å². The first-order chi connectivity index (χ1) is 15.5. The van der Waals surface area contributed by atoms with Gasteiger partial charge >= 0.3 is 0 Å². The lowest BCUT2D eigenvalue weighted by molar-refractivity contribution is 0.376. The zero-order chi connectivity index (χ0) is 22.9. The molecule has 0 fully saturated rings. The van der Waals surface area contributed by atoms with Crippen LogP contribution >= 0.6 is 24.0 Å². The van der Waals surface area contributed by atoms with Crippen molar-refractivity contribution in [3.63, 3.8) is 0 Å². The van der Waals surface area contributed by atoms with E-state index >= 15 is 0 Å². The molecular formula is C23H31IN8O. The average Bonchev–Trinajstić information content (AvgIpc) is 3.40. The maximum absolute atomic E-state index is 9.55. The molecule has 0 unspecified atom stereocenters. The van der Waals surface area contributed by atoms with Gasteiger partial charge in [-0.3, -0.25) is 0 Å². The molecule has 10 heteroatoms. The number of aryl methyl sites for hydroxylation is 1. The summed E-state index contributed by atoms with van der Waals surface area (Å²) in [6.07, 6.45) is 1.39. The summed E-state index contributed by atoms with van der Waals surface area (Å²) in [4.78, 5) is 4.56. The van der Waals surface area contributed by atoms with E-state index in [9.17, 15) is 5.26 Å². The molecule has 0 amide bonds. The molecule has 0 radical (unpaired) electrons. The zero-order valence-corrected chi connectivity index (χ0v) is 21.5. The third-order valence-electron chi connectivity index (χ3n) is 4.89. The number of rotatable bonds is 9. The number of hydrogen-bond donors (Lipinski definition) is 3. The molecule has 2 aromatic heterocycles. The Morgan fingerprint density at radius 1 is 1.27 bits per heavy atom. The second-order valence-corrected chi connectivity index (χ2v) is 7.66. The third-order valence-corrected chi connectivity index (χ3v) is 4.89. The first-order valence-electron chi connectivity index (χ1n) is 10.8. The monoisotopic (exact) mass is 562 g/mol. The fraction of sp³-hybridized carbons (Fsp3) is 0.391. The van der Waals surface area contributed by atoms with Crippen LogP contribution < -0.4 is 16.4 Å². The van der Waals surface area contributed by atoms with Crippen LogP contribution in [0.25, 0.3) is 5.69 Å². The number of para-hydroxylation sites is 1. The Morgan fingerprint density at radius 3 is 2.67 bits per heavy atom. The van der Waals surface area contributed by atoms with Crippen molar-refractivity contribution < 1.29 is 4.52 Å². The predicted molar refractivity (Wildman–Crippen MR) is 140 cm³/mol. The second kappa shape index (κ2) is 12.8. The van der Waals surface area contributed by atoms with Crippen LogP contribution in [0.4, 0.5) is 5.82 Å². The fourth-order valence-electron chi connectivity index (χ4n) is 3.18. The molecular weight excluding hydrogens is 531 g/mol. The highest BCUT2D eigenvalue weighted by molar-refractivity contribution is 14.0. The largest absolute Gasteiger partial charge is 0.382 e. The lowest BCUT2D eigenvalue weighted by atomic mass is 10.1. The Kier molecular flexibility index (Phi) is 10.2. The van der Waals surface area contributed by atoms with Crippen LogP contribution in [0.5, 0.6) is 0 Å². The molecule has 0 spiro atoms. The molecule has 1 aromatic carbocycles. The van der Waals surface area contributed by atoms with Crippen molar-refractivity contribution in [2.75, 3.05) is 18.8 Å². The van der Waals surface area contributed by atoms with Crippen molar-refractivity contribution in [3.8, 4) is 11.8 Å². The molecule has 0 aliphatic heterocycles. The summed E-state index contributed by atoms with van der Waals surface area (Å²) in [5.41, 5.74) is 9.06. The molecule has 33 heavy (non-hydrogen) atoms. The molecule has 3 aromatic rings. The topological polar surface area (TPSA) is 130 Å². The Balaban J connectivity index is 0.00000385. The van der Waals surface area contributed by atoms with E-state index in [1.807, 2.05) is 43.3 Å². The molecule has 0 aliphatic carbocycles. The first kappa shape index (κ1) is 26.2. The molecule has 0 saturated carbocycles. The highest BCUT2D eigenvalue weighted by Crippen LogP contribution is 2.21. The van der Waals surface area contributed by atoms with Gasteiger partial charge in [0.2, 0.25) is 0 Å². The van der Waals surface area contributed by atoms with E-state index in [4.69, 9.17) is 10.3 Å². The van der Waals surface area contributed by atoms with Gasteiger partial charge in [-0.1, -0.05) is 37.2 Å². The van der Waals surface area contributed by atoms with E-state index in [0.29, 0.717) is 48.5 Å². The number of halogens is 1. The number of benzene rings is 1. The van der Waals surface area contributed by atoms with Crippen LogP contribution in [0, 0.1) is 11.3 Å². The van der Waals surface area contributed by atoms with Crippen molar-refractivity contribution in [1.82, 2.24) is 25.6 Å². The highest BCUT2D eigenvalue weighted by Gasteiger charge is 2.16. The number of guanidine groups is 1. The number of nitrogens with zero attached hydrogens (tertiary/aromatic N) is 5. The van der Waals surface area contributed by atoms with Gasteiger partial charge in [-0.05, 0) is 37.8 Å². The smallest absolute Gasteiger partial charge is 0.191 e. The van der Waals surface area contributed by atoms with E-state index in [1.54, 1.807) is 4.68 Å². The molecule has 9 nitrogen and oxygen atoms in total. The number of nitrogen functional groups attached to an aromatic ring is 1. The normalized spacial score (nSPS) is 11.2. The maximum Gasteiger partial charge on any atom is 0.191 e. The Hall–Kier alpha value is -3.07. The van der Waals surface area contributed by atoms with Gasteiger partial charge < -0.3 is 20.9 Å². The molecule has 2 heterocycles. The van der Waals surface area contributed by atoms with Crippen LogP contribution in [0.2, 0.25) is 0 Å². The number of anilines is 1. The molecule has 3 rings (SSSR count). The minimum atomic E-state index is 0. The van der Waals surface area contributed by atoms with Crippen molar-refractivity contribution in [3.05, 3.63) is 59.1 Å². The standard InChI is InChI=1S/C23H30N8O.HI/c1-4-26-23(28-15-18-13-21(16(2)3)30-32-18)27-12-8-11-20-19(14-24)22(25)31(29-20)17-9-6-5-7-10-17;/h5-7,9-10,13,16H,4,8,11-12,15,25H2,1-3H3,(H2,26,27,28);1H. The van der Waals surface area contributed by atoms with E-state index < -0.39 is 0 Å². The minimum Gasteiger partial charge on any atom is -0.382 e. The molecule has 0 bridgehead atoms. The number of aromatic nitrogens is 3. The summed E-state index contributed by atoms with van der Waals surface area (Å²) in [7, 11) is 0. The molecule has 176 valence electrons. The molecule has 0 aliphatic rings. The van der Waals surface area contributed by atoms with Gasteiger partial charge in [0.15, 0.2) is 11.7 Å². The number of nitrogens with one attached hydrogen (secondary N) is 2. The summed E-state index contributed by atoms with van der Waals surface area (Å²) >= 11 is 0. The van der Waals surface area contributed by atoms with E-state index in [0.717, 1.165) is 30.1 Å². The van der Waals surface area contributed by atoms with Crippen LogP contribution in [0.3, 0.4) is 0 Å². The summed E-state index contributed by atoms with van der Waals surface area (Å²) in [6, 6.07) is 13.7. The molecule has 4 N–H and O–H groups in total. The SMILES string of the molecule is CCNC(=NCc1cc(C(C)C)no1)NCCCc1nn(-c2ccccc2)c(N)c1C#N.I. The average molecular weight is 562 g/mol. The van der Waals surface area contributed by atoms with Crippen LogP contribution in [0.1, 0.15) is 55.8 Å². The van der Waals surface area contributed by atoms with Gasteiger partial charge in [0, 0.05) is 19.2 Å². The predicted octanol–water partition coefficient (Wildman–Crippen LogP) is 3.74. The van der Waals surface area contributed by atoms with Crippen molar-refractivity contribution in [1.29, 1.82) is 5.26 Å². The summed E-state index contributed by atoms with van der Waals surface area (Å²) in [5, 5.41) is 24.7. The number of nitriles is 1. The van der Waals surface area contributed by atoms with Gasteiger partial charge in [0.1, 0.15) is 24.0 Å². The highest BCUT2D eigenvalue weighted by atomic mass is 127. The van der Waals surface area contributed by atoms with Gasteiger partial charge in [-0.15, -0.1) is 24.0 Å².